The van der Waals surface area contributed by atoms with Crippen molar-refractivity contribution in [1.29, 1.82) is 0 Å². The van der Waals surface area contributed by atoms with Crippen LogP contribution in [0.4, 0.5) is 5.95 Å². The number of para-hydroxylation sites is 1. The maximum atomic E-state index is 5.56. The van der Waals surface area contributed by atoms with Gasteiger partial charge in [0.1, 0.15) is 12.1 Å². The SMILES string of the molecule is C=Nc1ncnn1/C=C(\C)c1cnc(Oc2ccccc2)nc1. The van der Waals surface area contributed by atoms with E-state index in [1.165, 1.54) is 11.0 Å². The summed E-state index contributed by atoms with van der Waals surface area (Å²) in [7, 11) is 0. The Morgan fingerprint density at radius 2 is 1.91 bits per heavy atom. The first kappa shape index (κ1) is 14.6. The minimum absolute atomic E-state index is 0.293. The number of nitrogens with zero attached hydrogens (tertiary/aromatic N) is 6. The topological polar surface area (TPSA) is 78.1 Å². The van der Waals surface area contributed by atoms with E-state index in [9.17, 15) is 0 Å². The van der Waals surface area contributed by atoms with Gasteiger partial charge in [-0.05, 0) is 31.3 Å². The number of aromatic nitrogens is 5. The van der Waals surface area contributed by atoms with Crippen LogP contribution in [0.3, 0.4) is 0 Å². The van der Waals surface area contributed by atoms with Gasteiger partial charge in [0.2, 0.25) is 0 Å². The Morgan fingerprint density at radius 3 is 2.61 bits per heavy atom. The van der Waals surface area contributed by atoms with Gasteiger partial charge in [-0.1, -0.05) is 18.2 Å². The van der Waals surface area contributed by atoms with Gasteiger partial charge in [0, 0.05) is 24.2 Å². The predicted octanol–water partition coefficient (Wildman–Crippen LogP) is 3.21. The first-order valence-corrected chi connectivity index (χ1v) is 6.86. The summed E-state index contributed by atoms with van der Waals surface area (Å²) in [6, 6.07) is 9.68. The second-order valence-corrected chi connectivity index (χ2v) is 4.64. The summed E-state index contributed by atoms with van der Waals surface area (Å²) >= 11 is 0. The summed E-state index contributed by atoms with van der Waals surface area (Å²) < 4.78 is 7.10. The highest BCUT2D eigenvalue weighted by Crippen LogP contribution is 2.19. The molecule has 3 rings (SSSR count). The van der Waals surface area contributed by atoms with Gasteiger partial charge in [-0.2, -0.15) is 10.1 Å². The Kier molecular flexibility index (Phi) is 4.19. The van der Waals surface area contributed by atoms with Gasteiger partial charge in [-0.15, -0.1) is 0 Å². The fourth-order valence-electron chi connectivity index (χ4n) is 1.87. The first-order chi connectivity index (χ1) is 11.3. The van der Waals surface area contributed by atoms with E-state index >= 15 is 0 Å². The van der Waals surface area contributed by atoms with E-state index in [0.29, 0.717) is 17.7 Å². The highest BCUT2D eigenvalue weighted by atomic mass is 16.5. The molecule has 0 saturated carbocycles. The molecule has 3 aromatic rings. The van der Waals surface area contributed by atoms with Crippen LogP contribution < -0.4 is 4.74 Å². The fraction of sp³-hybridized carbons (Fsp3) is 0.0625. The van der Waals surface area contributed by atoms with Gasteiger partial charge in [-0.3, -0.25) is 0 Å². The van der Waals surface area contributed by atoms with E-state index < -0.39 is 0 Å². The van der Waals surface area contributed by atoms with Crippen LogP contribution in [0.1, 0.15) is 12.5 Å². The van der Waals surface area contributed by atoms with Crippen molar-refractivity contribution < 1.29 is 4.74 Å². The third-order valence-corrected chi connectivity index (χ3v) is 3.05. The molecule has 23 heavy (non-hydrogen) atoms. The fourth-order valence-corrected chi connectivity index (χ4v) is 1.87. The summed E-state index contributed by atoms with van der Waals surface area (Å²) in [5.74, 6) is 1.12. The lowest BCUT2D eigenvalue weighted by Crippen LogP contribution is -1.94. The van der Waals surface area contributed by atoms with Crippen molar-refractivity contribution in [2.45, 2.75) is 6.92 Å². The van der Waals surface area contributed by atoms with E-state index in [1.807, 2.05) is 37.3 Å². The van der Waals surface area contributed by atoms with Crippen molar-refractivity contribution >= 4 is 24.4 Å². The van der Waals surface area contributed by atoms with Gasteiger partial charge in [-0.25, -0.2) is 19.6 Å². The highest BCUT2D eigenvalue weighted by molar-refractivity contribution is 5.73. The molecule has 0 aliphatic heterocycles. The van der Waals surface area contributed by atoms with Crippen molar-refractivity contribution in [2.24, 2.45) is 4.99 Å². The second kappa shape index (κ2) is 6.61. The Labute approximate surface area is 133 Å². The van der Waals surface area contributed by atoms with Gasteiger partial charge >= 0.3 is 6.01 Å². The Bertz CT molecular complexity index is 823. The largest absolute Gasteiger partial charge is 0.424 e. The smallest absolute Gasteiger partial charge is 0.321 e. The molecule has 0 aliphatic rings. The van der Waals surface area contributed by atoms with Gasteiger partial charge in [0.05, 0.1) is 0 Å². The van der Waals surface area contributed by atoms with Crippen LogP contribution in [0.25, 0.3) is 11.8 Å². The third kappa shape index (κ3) is 3.46. The molecule has 2 aromatic heterocycles. The van der Waals surface area contributed by atoms with Crippen LogP contribution in [0.15, 0.2) is 54.0 Å². The number of aliphatic imine (C=N–C) groups is 1. The molecule has 0 unspecified atom stereocenters. The quantitative estimate of drug-likeness (QED) is 0.676. The maximum Gasteiger partial charge on any atom is 0.321 e. The number of ether oxygens (including phenoxy) is 1. The molecular weight excluding hydrogens is 292 g/mol. The monoisotopic (exact) mass is 306 g/mol. The minimum Gasteiger partial charge on any atom is -0.424 e. The zero-order valence-electron chi connectivity index (χ0n) is 12.5. The standard InChI is InChI=1S/C16H14N6O/c1-12(10-22-15(17-2)20-11-21-22)13-8-18-16(19-9-13)23-14-6-4-3-5-7-14/h3-11H,2H2,1H3/b12-10+. The average Bonchev–Trinajstić information content (AvgIpc) is 3.03. The Balaban J connectivity index is 1.77. The van der Waals surface area contributed by atoms with E-state index in [2.05, 4.69) is 31.8 Å². The molecule has 1 aromatic carbocycles. The number of benzene rings is 1. The molecule has 0 fully saturated rings. The molecule has 7 nitrogen and oxygen atoms in total. The summed E-state index contributed by atoms with van der Waals surface area (Å²) in [5.41, 5.74) is 1.75. The van der Waals surface area contributed by atoms with Gasteiger partial charge in [0.25, 0.3) is 5.95 Å². The Hall–Kier alpha value is -3.35. The van der Waals surface area contributed by atoms with Crippen LogP contribution >= 0.6 is 0 Å². The highest BCUT2D eigenvalue weighted by Gasteiger charge is 2.04. The maximum absolute atomic E-state index is 5.56. The third-order valence-electron chi connectivity index (χ3n) is 3.05. The van der Waals surface area contributed by atoms with Crippen LogP contribution in [-0.2, 0) is 0 Å². The summed E-state index contributed by atoms with van der Waals surface area (Å²) in [5, 5.41) is 4.06. The van der Waals surface area contributed by atoms with E-state index in [0.717, 1.165) is 11.1 Å². The van der Waals surface area contributed by atoms with Crippen LogP contribution in [-0.4, -0.2) is 31.4 Å². The zero-order valence-corrected chi connectivity index (χ0v) is 12.5. The van der Waals surface area contributed by atoms with E-state index in [1.54, 1.807) is 18.6 Å². The summed E-state index contributed by atoms with van der Waals surface area (Å²) in [6.45, 7) is 5.37. The first-order valence-electron chi connectivity index (χ1n) is 6.86. The molecule has 0 bridgehead atoms. The van der Waals surface area contributed by atoms with Crippen molar-refractivity contribution in [1.82, 2.24) is 24.7 Å². The average molecular weight is 306 g/mol. The summed E-state index contributed by atoms with van der Waals surface area (Å²) in [4.78, 5) is 16.2. The van der Waals surface area contributed by atoms with Crippen LogP contribution in [0, 0.1) is 0 Å². The molecule has 0 aliphatic carbocycles. The van der Waals surface area contributed by atoms with Gasteiger partial charge in [0.15, 0.2) is 0 Å². The molecule has 0 N–H and O–H groups in total. The number of allylic oxidation sites excluding steroid dienone is 1. The number of rotatable bonds is 5. The molecule has 114 valence electrons. The zero-order chi connectivity index (χ0) is 16.1. The molecule has 2 heterocycles. The predicted molar refractivity (Wildman–Crippen MR) is 87.6 cm³/mol. The van der Waals surface area contributed by atoms with Crippen molar-refractivity contribution in [3.8, 4) is 11.8 Å². The minimum atomic E-state index is 0.293. The van der Waals surface area contributed by atoms with Crippen LogP contribution in [0.5, 0.6) is 11.8 Å². The normalized spacial score (nSPS) is 11.3. The lowest BCUT2D eigenvalue weighted by molar-refractivity contribution is 0.441. The molecule has 0 atom stereocenters. The van der Waals surface area contributed by atoms with Crippen LogP contribution in [0.2, 0.25) is 0 Å². The molecule has 0 saturated heterocycles. The lowest BCUT2D eigenvalue weighted by atomic mass is 10.2. The Morgan fingerprint density at radius 1 is 1.17 bits per heavy atom. The molecular formula is C16H14N6O. The van der Waals surface area contributed by atoms with Crippen molar-refractivity contribution in [3.63, 3.8) is 0 Å². The molecule has 0 amide bonds. The van der Waals surface area contributed by atoms with Crippen molar-refractivity contribution in [3.05, 3.63) is 54.6 Å². The summed E-state index contributed by atoms with van der Waals surface area (Å²) in [6.07, 6.45) is 6.58. The molecule has 0 spiro atoms. The second-order valence-electron chi connectivity index (χ2n) is 4.64. The van der Waals surface area contributed by atoms with Gasteiger partial charge < -0.3 is 4.74 Å². The molecule has 7 heteroatoms. The number of hydrogen-bond donors (Lipinski definition) is 0. The van der Waals surface area contributed by atoms with Crippen molar-refractivity contribution in [2.75, 3.05) is 0 Å². The van der Waals surface area contributed by atoms with E-state index in [-0.39, 0.29) is 0 Å². The lowest BCUT2D eigenvalue weighted by Gasteiger charge is -2.05. The molecule has 0 radical (unpaired) electrons. The van der Waals surface area contributed by atoms with E-state index in [4.69, 9.17) is 4.74 Å². The number of hydrogen-bond acceptors (Lipinski definition) is 6.